The number of amides is 1. The first-order valence-electron chi connectivity index (χ1n) is 6.21. The first-order valence-corrected chi connectivity index (χ1v) is 6.21. The van der Waals surface area contributed by atoms with Crippen molar-refractivity contribution in [1.29, 1.82) is 0 Å². The van der Waals surface area contributed by atoms with Crippen LogP contribution in [-0.2, 0) is 0 Å². The number of hydrogen-bond donors (Lipinski definition) is 4. The Morgan fingerprint density at radius 3 is 2.78 bits per heavy atom. The second kappa shape index (κ2) is 5.73. The Balaban J connectivity index is 1.74. The van der Waals surface area contributed by atoms with Gasteiger partial charge in [0.15, 0.2) is 11.5 Å². The molecule has 1 fully saturated rings. The van der Waals surface area contributed by atoms with Crippen LogP contribution < -0.4 is 10.6 Å². The van der Waals surface area contributed by atoms with Gasteiger partial charge in [0.2, 0.25) is 0 Å². The highest BCUT2D eigenvalue weighted by atomic mass is 16.3. The molecule has 0 radical (unpaired) electrons. The lowest BCUT2D eigenvalue weighted by Gasteiger charge is -2.08. The lowest BCUT2D eigenvalue weighted by Crippen LogP contribution is -2.28. The zero-order valence-electron chi connectivity index (χ0n) is 10.1. The molecule has 0 saturated heterocycles. The number of carbonyl (C=O) groups excluding carboxylic acids is 1. The Morgan fingerprint density at radius 2 is 2.06 bits per heavy atom. The smallest absolute Gasteiger partial charge is 0.255 e. The van der Waals surface area contributed by atoms with Gasteiger partial charge in [-0.3, -0.25) is 4.79 Å². The summed E-state index contributed by atoms with van der Waals surface area (Å²) in [7, 11) is 0. The molecule has 4 N–H and O–H groups in total. The Labute approximate surface area is 106 Å². The fourth-order valence-corrected chi connectivity index (χ4v) is 1.69. The highest BCUT2D eigenvalue weighted by Gasteiger charge is 2.19. The maximum absolute atomic E-state index is 11.7. The molecular formula is C13H18N2O3. The largest absolute Gasteiger partial charge is 0.504 e. The van der Waals surface area contributed by atoms with Gasteiger partial charge < -0.3 is 20.8 Å². The number of carbonyl (C=O) groups is 1. The highest BCUT2D eigenvalue weighted by Crippen LogP contribution is 2.27. The van der Waals surface area contributed by atoms with Gasteiger partial charge in [0.25, 0.3) is 5.91 Å². The van der Waals surface area contributed by atoms with E-state index in [0.29, 0.717) is 12.6 Å². The number of rotatable bonds is 6. The Bertz CT molecular complexity index is 430. The van der Waals surface area contributed by atoms with Gasteiger partial charge >= 0.3 is 0 Å². The summed E-state index contributed by atoms with van der Waals surface area (Å²) in [6.07, 6.45) is 3.36. The maximum Gasteiger partial charge on any atom is 0.255 e. The molecule has 1 aromatic carbocycles. The Morgan fingerprint density at radius 1 is 1.28 bits per heavy atom. The Kier molecular flexibility index (Phi) is 4.04. The standard InChI is InChI=1S/C13H18N2O3/c16-11-4-1-3-10(12(11)17)13(18)15-8-2-7-14-9-5-6-9/h1,3-4,9,14,16-17H,2,5-8H2,(H,15,18). The molecule has 5 heteroatoms. The molecule has 1 aliphatic rings. The second-order valence-electron chi connectivity index (χ2n) is 4.51. The van der Waals surface area contributed by atoms with Crippen LogP contribution in [0.4, 0.5) is 0 Å². The molecule has 2 rings (SSSR count). The maximum atomic E-state index is 11.7. The number of nitrogens with one attached hydrogen (secondary N) is 2. The van der Waals surface area contributed by atoms with Gasteiger partial charge in [-0.2, -0.15) is 0 Å². The van der Waals surface area contributed by atoms with E-state index in [2.05, 4.69) is 10.6 Å². The van der Waals surface area contributed by atoms with Crippen molar-refractivity contribution < 1.29 is 15.0 Å². The van der Waals surface area contributed by atoms with E-state index in [-0.39, 0.29) is 23.0 Å². The van der Waals surface area contributed by atoms with Crippen LogP contribution in [0.25, 0.3) is 0 Å². The van der Waals surface area contributed by atoms with Crippen LogP contribution >= 0.6 is 0 Å². The van der Waals surface area contributed by atoms with Crippen LogP contribution in [0.3, 0.4) is 0 Å². The summed E-state index contributed by atoms with van der Waals surface area (Å²) in [5.41, 5.74) is 0.102. The normalized spacial score (nSPS) is 14.4. The highest BCUT2D eigenvalue weighted by molar-refractivity contribution is 5.97. The first kappa shape index (κ1) is 12.7. The molecule has 5 nitrogen and oxygen atoms in total. The molecule has 1 aromatic rings. The SMILES string of the molecule is O=C(NCCCNC1CC1)c1cccc(O)c1O. The van der Waals surface area contributed by atoms with Crippen molar-refractivity contribution in [3.63, 3.8) is 0 Å². The molecule has 18 heavy (non-hydrogen) atoms. The predicted octanol–water partition coefficient (Wildman–Crippen LogP) is 0.970. The van der Waals surface area contributed by atoms with Crippen LogP contribution in [0.5, 0.6) is 11.5 Å². The van der Waals surface area contributed by atoms with Gasteiger partial charge in [0.05, 0.1) is 5.56 Å². The summed E-state index contributed by atoms with van der Waals surface area (Å²) in [4.78, 5) is 11.7. The van der Waals surface area contributed by atoms with Crippen molar-refractivity contribution in [2.45, 2.75) is 25.3 Å². The molecule has 0 bridgehead atoms. The summed E-state index contributed by atoms with van der Waals surface area (Å²) < 4.78 is 0. The van der Waals surface area contributed by atoms with Gasteiger partial charge in [-0.1, -0.05) is 6.07 Å². The first-order chi connectivity index (χ1) is 8.68. The summed E-state index contributed by atoms with van der Waals surface area (Å²) in [5.74, 6) is -1.01. The van der Waals surface area contributed by atoms with Gasteiger partial charge in [-0.25, -0.2) is 0 Å². The third-order valence-electron chi connectivity index (χ3n) is 2.91. The van der Waals surface area contributed by atoms with Crippen LogP contribution in [0.1, 0.15) is 29.6 Å². The summed E-state index contributed by atoms with van der Waals surface area (Å²) >= 11 is 0. The van der Waals surface area contributed by atoms with E-state index >= 15 is 0 Å². The summed E-state index contributed by atoms with van der Waals surface area (Å²) in [5, 5.41) is 24.9. The molecule has 0 aliphatic heterocycles. The van der Waals surface area contributed by atoms with Crippen molar-refractivity contribution in [3.8, 4) is 11.5 Å². The van der Waals surface area contributed by atoms with Crippen molar-refractivity contribution in [2.75, 3.05) is 13.1 Å². The zero-order chi connectivity index (χ0) is 13.0. The van der Waals surface area contributed by atoms with Crippen LogP contribution in [0.15, 0.2) is 18.2 Å². The number of phenols is 2. The topological polar surface area (TPSA) is 81.6 Å². The minimum Gasteiger partial charge on any atom is -0.504 e. The van der Waals surface area contributed by atoms with E-state index in [4.69, 9.17) is 0 Å². The van der Waals surface area contributed by atoms with E-state index in [1.807, 2.05) is 0 Å². The van der Waals surface area contributed by atoms with Crippen LogP contribution in [-0.4, -0.2) is 35.3 Å². The average molecular weight is 250 g/mol. The fourth-order valence-electron chi connectivity index (χ4n) is 1.69. The van der Waals surface area contributed by atoms with E-state index in [1.54, 1.807) is 0 Å². The predicted molar refractivity (Wildman–Crippen MR) is 67.7 cm³/mol. The fraction of sp³-hybridized carbons (Fsp3) is 0.462. The molecule has 98 valence electrons. The quantitative estimate of drug-likeness (QED) is 0.448. The molecule has 1 saturated carbocycles. The van der Waals surface area contributed by atoms with E-state index in [9.17, 15) is 15.0 Å². The number of phenolic OH excluding ortho intramolecular Hbond substituents is 2. The molecule has 1 aliphatic carbocycles. The van der Waals surface area contributed by atoms with Crippen molar-refractivity contribution in [1.82, 2.24) is 10.6 Å². The minimum atomic E-state index is -0.369. The lowest BCUT2D eigenvalue weighted by molar-refractivity contribution is 0.0950. The minimum absolute atomic E-state index is 0.102. The van der Waals surface area contributed by atoms with Crippen molar-refractivity contribution >= 4 is 5.91 Å². The molecule has 0 aromatic heterocycles. The number of hydrogen-bond acceptors (Lipinski definition) is 4. The van der Waals surface area contributed by atoms with Crippen molar-refractivity contribution in [2.24, 2.45) is 0 Å². The molecular weight excluding hydrogens is 232 g/mol. The molecule has 0 spiro atoms. The zero-order valence-corrected chi connectivity index (χ0v) is 10.1. The monoisotopic (exact) mass is 250 g/mol. The number of para-hydroxylation sites is 1. The van der Waals surface area contributed by atoms with E-state index < -0.39 is 0 Å². The van der Waals surface area contributed by atoms with Gasteiger partial charge in [0.1, 0.15) is 0 Å². The lowest BCUT2D eigenvalue weighted by atomic mass is 10.1. The van der Waals surface area contributed by atoms with E-state index in [1.165, 1.54) is 31.0 Å². The molecule has 1 amide bonds. The third-order valence-corrected chi connectivity index (χ3v) is 2.91. The Hall–Kier alpha value is -1.75. The molecule has 0 heterocycles. The van der Waals surface area contributed by atoms with Crippen molar-refractivity contribution in [3.05, 3.63) is 23.8 Å². The van der Waals surface area contributed by atoms with Gasteiger partial charge in [0, 0.05) is 12.6 Å². The number of benzene rings is 1. The summed E-state index contributed by atoms with van der Waals surface area (Å²) in [6.45, 7) is 1.44. The van der Waals surface area contributed by atoms with Gasteiger partial charge in [-0.15, -0.1) is 0 Å². The second-order valence-corrected chi connectivity index (χ2v) is 4.51. The molecule has 0 unspecified atom stereocenters. The average Bonchev–Trinajstić information content (AvgIpc) is 3.16. The van der Waals surface area contributed by atoms with Gasteiger partial charge in [-0.05, 0) is 37.9 Å². The third kappa shape index (κ3) is 3.37. The molecule has 0 atom stereocenters. The van der Waals surface area contributed by atoms with E-state index in [0.717, 1.165) is 13.0 Å². The van der Waals surface area contributed by atoms with Crippen LogP contribution in [0, 0.1) is 0 Å². The number of aromatic hydroxyl groups is 2. The summed E-state index contributed by atoms with van der Waals surface area (Å²) in [6, 6.07) is 5.02. The van der Waals surface area contributed by atoms with Crippen LogP contribution in [0.2, 0.25) is 0 Å².